The second-order valence-corrected chi connectivity index (χ2v) is 11.5. The molecule has 0 spiro atoms. The number of hydrogen-bond donors (Lipinski definition) is 6. The number of H-pyrrole nitrogens is 4. The van der Waals surface area contributed by atoms with Gasteiger partial charge >= 0.3 is 11.9 Å². The van der Waals surface area contributed by atoms with Gasteiger partial charge in [-0.05, 0) is 55.8 Å². The molecule has 4 aromatic rings. The van der Waals surface area contributed by atoms with Crippen molar-refractivity contribution in [1.82, 2.24) is 29.7 Å². The summed E-state index contributed by atoms with van der Waals surface area (Å²) < 4.78 is 5.20. The number of imidazole rings is 2. The van der Waals surface area contributed by atoms with E-state index in [-0.39, 0.29) is 29.6 Å². The Balaban J connectivity index is 1.45. The Labute approximate surface area is 235 Å². The summed E-state index contributed by atoms with van der Waals surface area (Å²) in [6.45, 7) is 0.756. The van der Waals surface area contributed by atoms with Crippen LogP contribution in [0.15, 0.2) is 39.7 Å². The molecule has 4 aromatic heterocycles. The predicted octanol–water partition coefficient (Wildman–Crippen LogP) is 1.12. The van der Waals surface area contributed by atoms with Crippen molar-refractivity contribution in [3.8, 4) is 0 Å². The third-order valence-electron chi connectivity index (χ3n) is 7.12. The lowest BCUT2D eigenvalue weighted by molar-refractivity contribution is -0.375. The van der Waals surface area contributed by atoms with E-state index in [9.17, 15) is 9.59 Å². The van der Waals surface area contributed by atoms with E-state index in [0.29, 0.717) is 42.8 Å². The van der Waals surface area contributed by atoms with Crippen LogP contribution in [0.3, 0.4) is 0 Å². The summed E-state index contributed by atoms with van der Waals surface area (Å²) in [7, 11) is 3.65. The Morgan fingerprint density at radius 2 is 1.61 bits per heavy atom. The largest absolute Gasteiger partial charge is 0.350 e. The molecule has 0 saturated carbocycles. The van der Waals surface area contributed by atoms with Crippen LogP contribution in [0, 0.1) is 11.8 Å². The Morgan fingerprint density at radius 3 is 2.13 bits per heavy atom. The van der Waals surface area contributed by atoms with Crippen LogP contribution in [0.25, 0.3) is 0 Å². The van der Waals surface area contributed by atoms with Crippen molar-refractivity contribution >= 4 is 55.6 Å². The summed E-state index contributed by atoms with van der Waals surface area (Å²) in [5.41, 5.74) is 15.9. The molecule has 38 heavy (non-hydrogen) atoms. The predicted molar refractivity (Wildman–Crippen MR) is 147 cm³/mol. The second kappa shape index (κ2) is 10.3. The number of rotatable bonds is 7. The molecule has 5 rings (SSSR count). The molecule has 0 aliphatic heterocycles. The first kappa shape index (κ1) is 26.1. The number of aryl methyl sites for hydroxylation is 2. The van der Waals surface area contributed by atoms with Gasteiger partial charge in [-0.15, -0.1) is 0 Å². The van der Waals surface area contributed by atoms with Crippen molar-refractivity contribution in [3.63, 3.8) is 0 Å². The minimum Gasteiger partial charge on any atom is -0.350 e. The maximum Gasteiger partial charge on any atom is 0.350 e. The Morgan fingerprint density at radius 1 is 1.00 bits per heavy atom. The van der Waals surface area contributed by atoms with E-state index in [1.165, 1.54) is 0 Å². The zero-order valence-electron chi connectivity index (χ0n) is 20.9. The Bertz CT molecular complexity index is 1500. The molecular formula is C24H30Br2N10O2+2. The van der Waals surface area contributed by atoms with Gasteiger partial charge in [0, 0.05) is 54.9 Å². The fraction of sp³-hybridized carbons (Fsp3) is 0.333. The Hall–Kier alpha value is -3.52. The highest BCUT2D eigenvalue weighted by Crippen LogP contribution is 2.41. The van der Waals surface area contributed by atoms with Gasteiger partial charge in [-0.1, -0.05) is 0 Å². The van der Waals surface area contributed by atoms with E-state index >= 15 is 0 Å². The highest BCUT2D eigenvalue weighted by atomic mass is 79.9. The van der Waals surface area contributed by atoms with Gasteiger partial charge in [0.05, 0.1) is 12.1 Å². The highest BCUT2D eigenvalue weighted by molar-refractivity contribution is 9.10. The molecule has 0 fully saturated rings. The van der Waals surface area contributed by atoms with Gasteiger partial charge < -0.3 is 19.8 Å². The number of aromatic nitrogens is 6. The normalized spacial score (nSPS) is 18.8. The summed E-state index contributed by atoms with van der Waals surface area (Å²) >= 11 is 6.85. The van der Waals surface area contributed by atoms with Crippen LogP contribution in [-0.2, 0) is 20.5 Å². The molecule has 12 nitrogen and oxygen atoms in total. The standard InChI is InChI=1S/C24H28Br2N10O2/c1-35-9-12(25)4-17(35)21(37)29-6-11-3-15-20(34-24(28)32-15)19(16-8-31-23(27)33-16)14(11)7-30-22(38)18-5-13(26)10-36(18)2/h4-5,8-11,14,19H,3,6-7H2,1-2H3,(H,29,37)(H,30,38)(H3,27,31,33)(H3,28,32,34)/p+2/t11?,14-,19?/m1/s1. The topological polar surface area (TPSA) is 180 Å². The molecule has 200 valence electrons. The van der Waals surface area contributed by atoms with E-state index < -0.39 is 0 Å². The van der Waals surface area contributed by atoms with Crippen molar-refractivity contribution in [3.05, 3.63) is 68.1 Å². The number of nitrogens with one attached hydrogen (secondary N) is 6. The number of carbonyl (C=O) groups is 2. The van der Waals surface area contributed by atoms with Crippen LogP contribution in [-0.4, -0.2) is 44.0 Å². The average molecular weight is 650 g/mol. The highest BCUT2D eigenvalue weighted by Gasteiger charge is 2.44. The van der Waals surface area contributed by atoms with Crippen LogP contribution in [0.5, 0.6) is 0 Å². The third-order valence-corrected chi connectivity index (χ3v) is 7.99. The molecule has 3 atom stereocenters. The maximum atomic E-state index is 13.1. The fourth-order valence-corrected chi connectivity index (χ4v) is 6.42. The molecular weight excluding hydrogens is 620 g/mol. The number of hydrogen-bond acceptors (Lipinski definition) is 4. The number of halogens is 2. The molecule has 0 bridgehead atoms. The summed E-state index contributed by atoms with van der Waals surface area (Å²) in [5.74, 6) is 0.170. The van der Waals surface area contributed by atoms with E-state index in [0.717, 1.165) is 26.0 Å². The second-order valence-electron chi connectivity index (χ2n) is 9.67. The number of nitrogen functional groups attached to an aromatic ring is 2. The number of fused-ring (bicyclic) bond motifs is 1. The first-order valence-corrected chi connectivity index (χ1v) is 13.6. The van der Waals surface area contributed by atoms with Gasteiger partial charge in [-0.2, -0.15) is 0 Å². The summed E-state index contributed by atoms with van der Waals surface area (Å²) in [6, 6.07) is 3.56. The van der Waals surface area contributed by atoms with Crippen LogP contribution in [0.2, 0.25) is 0 Å². The number of nitrogens with zero attached hydrogens (tertiary/aromatic N) is 2. The molecule has 2 unspecified atom stereocenters. The van der Waals surface area contributed by atoms with Gasteiger partial charge in [0.15, 0.2) is 0 Å². The van der Waals surface area contributed by atoms with Gasteiger partial charge in [-0.25, -0.2) is 19.9 Å². The van der Waals surface area contributed by atoms with E-state index in [2.05, 4.69) is 62.4 Å². The van der Waals surface area contributed by atoms with Crippen molar-refractivity contribution in [2.24, 2.45) is 25.9 Å². The van der Waals surface area contributed by atoms with E-state index in [1.807, 2.05) is 32.7 Å². The molecule has 0 saturated heterocycles. The monoisotopic (exact) mass is 648 g/mol. The minimum absolute atomic E-state index is 0.0309. The van der Waals surface area contributed by atoms with Gasteiger partial charge in [0.2, 0.25) is 0 Å². The first-order chi connectivity index (χ1) is 18.1. The van der Waals surface area contributed by atoms with E-state index in [1.54, 1.807) is 21.3 Å². The van der Waals surface area contributed by atoms with Crippen molar-refractivity contribution in [2.45, 2.75) is 12.3 Å². The van der Waals surface area contributed by atoms with Gasteiger partial charge in [0.25, 0.3) is 11.8 Å². The van der Waals surface area contributed by atoms with E-state index in [4.69, 9.17) is 11.5 Å². The molecule has 14 heteroatoms. The SMILES string of the molecule is Cn1cc(Br)cc1C(=O)NCC1Cc2[nH]c(N)[nH+]c2C(c2c[nH+]c(N)[nH]2)[C@@H]1CNC(=O)c1cc(Br)cn1C. The van der Waals surface area contributed by atoms with Crippen molar-refractivity contribution < 1.29 is 19.6 Å². The van der Waals surface area contributed by atoms with Gasteiger partial charge in [0.1, 0.15) is 28.5 Å². The maximum absolute atomic E-state index is 13.1. The van der Waals surface area contributed by atoms with Crippen LogP contribution >= 0.6 is 31.9 Å². The van der Waals surface area contributed by atoms with Crippen molar-refractivity contribution in [2.75, 3.05) is 24.6 Å². The number of nitrogens with two attached hydrogens (primary N) is 2. The first-order valence-electron chi connectivity index (χ1n) is 12.1. The van der Waals surface area contributed by atoms with Crippen LogP contribution in [0.4, 0.5) is 11.9 Å². The number of aromatic amines is 4. The Kier molecular flexibility index (Phi) is 7.09. The number of carbonyl (C=O) groups excluding carboxylic acids is 2. The smallest absolute Gasteiger partial charge is 0.350 e. The van der Waals surface area contributed by atoms with Gasteiger partial charge in [-0.3, -0.25) is 21.1 Å². The fourth-order valence-electron chi connectivity index (χ4n) is 5.37. The molecule has 1 aliphatic carbocycles. The summed E-state index contributed by atoms with van der Waals surface area (Å²) in [5, 5.41) is 6.21. The molecule has 10 N–H and O–H groups in total. The quantitative estimate of drug-likeness (QED) is 0.176. The zero-order valence-corrected chi connectivity index (χ0v) is 24.0. The third kappa shape index (κ3) is 5.10. The molecule has 1 aliphatic rings. The molecule has 0 aromatic carbocycles. The zero-order chi connectivity index (χ0) is 27.1. The summed E-state index contributed by atoms with van der Waals surface area (Å²) in [6.07, 6.45) is 6.13. The number of anilines is 2. The lowest BCUT2D eigenvalue weighted by Crippen LogP contribution is -2.45. The lowest BCUT2D eigenvalue weighted by Gasteiger charge is -2.35. The van der Waals surface area contributed by atoms with Crippen LogP contribution < -0.4 is 32.1 Å². The molecule has 0 radical (unpaired) electrons. The summed E-state index contributed by atoms with van der Waals surface area (Å²) in [4.78, 5) is 38.9. The molecule has 4 heterocycles. The van der Waals surface area contributed by atoms with Crippen molar-refractivity contribution in [1.29, 1.82) is 0 Å². The minimum atomic E-state index is -0.201. The molecule has 2 amide bonds. The van der Waals surface area contributed by atoms with Crippen LogP contribution in [0.1, 0.15) is 44.0 Å². The average Bonchev–Trinajstić information content (AvgIpc) is 3.61. The lowest BCUT2D eigenvalue weighted by atomic mass is 9.71. The number of amides is 2.